The number of esters is 1. The first kappa shape index (κ1) is 62.3. The number of ether oxygens (including phenoxy) is 9. The summed E-state index contributed by atoms with van der Waals surface area (Å²) in [6.07, 6.45) is 3.72. The van der Waals surface area contributed by atoms with Gasteiger partial charge >= 0.3 is 5.97 Å². The number of rotatable bonds is 30. The zero-order valence-corrected chi connectivity index (χ0v) is 49.7. The lowest BCUT2D eigenvalue weighted by Gasteiger charge is -2.31. The Morgan fingerprint density at radius 2 is 0.641 bits per heavy atom. The predicted octanol–water partition coefficient (Wildman–Crippen LogP) is 15.6. The maximum atomic E-state index is 14.7. The Balaban J connectivity index is 1.67. The van der Waals surface area contributed by atoms with Crippen LogP contribution in [0.3, 0.4) is 0 Å². The van der Waals surface area contributed by atoms with Crippen LogP contribution in [0.25, 0.3) is 11.1 Å². The molecular formula is C60H74Cl4N4O10. The lowest BCUT2D eigenvalue weighted by molar-refractivity contribution is -0.201. The minimum absolute atomic E-state index is 0.0224. The maximum absolute atomic E-state index is 14.7. The molecule has 5 aromatic carbocycles. The Morgan fingerprint density at radius 1 is 0.410 bits per heavy atom. The first-order valence-electron chi connectivity index (χ1n) is 26.4. The van der Waals surface area contributed by atoms with Crippen LogP contribution in [0.15, 0.2) is 109 Å². The van der Waals surface area contributed by atoms with Crippen LogP contribution in [0.1, 0.15) is 121 Å². The molecule has 0 amide bonds. The van der Waals surface area contributed by atoms with Crippen LogP contribution >= 0.6 is 46.4 Å². The molecule has 6 rings (SSSR count). The van der Waals surface area contributed by atoms with Crippen LogP contribution in [-0.2, 0) is 48.2 Å². The van der Waals surface area contributed by atoms with Crippen molar-refractivity contribution in [2.45, 2.75) is 112 Å². The van der Waals surface area contributed by atoms with Gasteiger partial charge in [0.2, 0.25) is 23.6 Å². The zero-order valence-electron chi connectivity index (χ0n) is 46.6. The summed E-state index contributed by atoms with van der Waals surface area (Å²) < 4.78 is 54.7. The first-order chi connectivity index (χ1) is 37.2. The molecule has 4 N–H and O–H groups in total. The smallest absolute Gasteiger partial charge is 0.341 e. The van der Waals surface area contributed by atoms with Crippen molar-refractivity contribution in [3.05, 3.63) is 163 Å². The van der Waals surface area contributed by atoms with E-state index in [2.05, 4.69) is 21.3 Å². The van der Waals surface area contributed by atoms with Gasteiger partial charge in [0.1, 0.15) is 0 Å². The molecule has 422 valence electrons. The number of carbonyl (C=O) groups is 1. The van der Waals surface area contributed by atoms with E-state index in [0.29, 0.717) is 64.0 Å². The largest absolute Gasteiger partial charge is 0.442 e. The fourth-order valence-corrected chi connectivity index (χ4v) is 10.5. The molecule has 0 aromatic heterocycles. The molecular weight excluding hydrogens is 1080 g/mol. The topological polar surface area (TPSA) is 148 Å². The van der Waals surface area contributed by atoms with Crippen molar-refractivity contribution in [3.8, 4) is 0 Å². The summed E-state index contributed by atoms with van der Waals surface area (Å²) in [6, 6.07) is 31.0. The van der Waals surface area contributed by atoms with Crippen LogP contribution < -0.4 is 21.3 Å². The number of hydrogen-bond acceptors (Lipinski definition) is 14. The third kappa shape index (κ3) is 15.1. The van der Waals surface area contributed by atoms with Gasteiger partial charge in [-0.2, -0.15) is 0 Å². The van der Waals surface area contributed by atoms with Crippen molar-refractivity contribution >= 4 is 86.3 Å². The van der Waals surface area contributed by atoms with Crippen LogP contribution in [0, 0.1) is 0 Å². The zero-order chi connectivity index (χ0) is 56.9. The second-order valence-corrected chi connectivity index (χ2v) is 19.9. The normalized spacial score (nSPS) is 13.4. The van der Waals surface area contributed by atoms with Gasteiger partial charge in [0.25, 0.3) is 0 Å². The molecule has 1 aliphatic rings. The minimum atomic E-state index is -1.83. The molecule has 0 aliphatic carbocycles. The highest BCUT2D eigenvalue weighted by Gasteiger charge is 2.48. The molecule has 5 aromatic rings. The predicted molar refractivity (Wildman–Crippen MR) is 315 cm³/mol. The third-order valence-corrected chi connectivity index (χ3v) is 14.3. The standard InChI is InChI=1S/C60H74Cl4N4O10/c1-13-70-56(9,71-14-2)65-43-29-21-39(22-30-43)47(40-23-31-44(32-24-40)66-57(10,72-15-3)73-16-4)37-60(50-49(55(69)78-60)51(61)53(63)54(64)52(50)62)38-48(41-25-33-45(34-26-41)67-58(11,74-17-5)75-18-6)42-27-35-46(36-28-42)68-59(12,76-19-7)77-20-8/h21-38,65-68H,13-20H2,1-12H3. The van der Waals surface area contributed by atoms with Crippen molar-refractivity contribution in [1.29, 1.82) is 0 Å². The monoisotopic (exact) mass is 1150 g/mol. The van der Waals surface area contributed by atoms with Crippen LogP contribution in [0.5, 0.6) is 0 Å². The maximum Gasteiger partial charge on any atom is 0.341 e. The number of hydrogen-bond donors (Lipinski definition) is 4. The van der Waals surface area contributed by atoms with Gasteiger partial charge in [-0.25, -0.2) is 4.79 Å². The summed E-state index contributed by atoms with van der Waals surface area (Å²) in [6.45, 7) is 25.9. The van der Waals surface area contributed by atoms with Crippen molar-refractivity contribution in [2.24, 2.45) is 0 Å². The molecule has 0 fully saturated rings. The number of anilines is 4. The Labute approximate surface area is 480 Å². The average Bonchev–Trinajstić information content (AvgIpc) is 3.91. The van der Waals surface area contributed by atoms with Gasteiger partial charge in [0, 0.05) is 109 Å². The number of halogens is 4. The quantitative estimate of drug-likeness (QED) is 0.0150. The number of carbonyl (C=O) groups excluding carboxylic acids is 1. The number of nitrogens with one attached hydrogen (secondary N) is 4. The third-order valence-electron chi connectivity index (χ3n) is 12.5. The molecule has 0 saturated carbocycles. The van der Waals surface area contributed by atoms with Gasteiger partial charge < -0.3 is 63.9 Å². The van der Waals surface area contributed by atoms with E-state index >= 15 is 0 Å². The average molecular weight is 1150 g/mol. The van der Waals surface area contributed by atoms with E-state index in [4.69, 9.17) is 89.0 Å². The van der Waals surface area contributed by atoms with Gasteiger partial charge in [0.05, 0.1) is 25.7 Å². The summed E-state index contributed by atoms with van der Waals surface area (Å²) in [7, 11) is 0. The van der Waals surface area contributed by atoms with Gasteiger partial charge in [-0.15, -0.1) is 0 Å². The molecule has 0 atom stereocenters. The summed E-state index contributed by atoms with van der Waals surface area (Å²) in [5, 5.41) is 13.3. The minimum Gasteiger partial charge on any atom is -0.442 e. The Kier molecular flexibility index (Phi) is 22.0. The van der Waals surface area contributed by atoms with E-state index in [0.717, 1.165) is 45.0 Å². The van der Waals surface area contributed by atoms with Crippen molar-refractivity contribution in [3.63, 3.8) is 0 Å². The van der Waals surface area contributed by atoms with Gasteiger partial charge in [-0.1, -0.05) is 94.9 Å². The molecule has 18 heteroatoms. The molecule has 0 radical (unpaired) electrons. The number of fused-ring (bicyclic) bond motifs is 1. The Morgan fingerprint density at radius 3 is 0.872 bits per heavy atom. The van der Waals surface area contributed by atoms with E-state index in [1.165, 1.54) is 0 Å². The van der Waals surface area contributed by atoms with Crippen LogP contribution in [-0.4, -0.2) is 82.5 Å². The van der Waals surface area contributed by atoms with Gasteiger partial charge in [-0.05, 0) is 149 Å². The van der Waals surface area contributed by atoms with Crippen molar-refractivity contribution < 1.29 is 47.4 Å². The summed E-state index contributed by atoms with van der Waals surface area (Å²) in [4.78, 5) is 14.7. The second-order valence-electron chi connectivity index (χ2n) is 18.4. The highest BCUT2D eigenvalue weighted by atomic mass is 35.5. The molecule has 78 heavy (non-hydrogen) atoms. The molecule has 0 saturated heterocycles. The molecule has 0 bridgehead atoms. The number of cyclic esters (lactones) is 1. The van der Waals surface area contributed by atoms with E-state index in [1.54, 1.807) is 0 Å². The van der Waals surface area contributed by atoms with E-state index in [9.17, 15) is 4.79 Å². The lowest BCUT2D eigenvalue weighted by Crippen LogP contribution is -2.41. The Hall–Kier alpha value is -4.91. The van der Waals surface area contributed by atoms with E-state index in [-0.39, 0.29) is 31.2 Å². The van der Waals surface area contributed by atoms with Crippen LogP contribution in [0.4, 0.5) is 22.7 Å². The number of benzene rings is 5. The van der Waals surface area contributed by atoms with Crippen LogP contribution in [0.2, 0.25) is 20.1 Å². The summed E-state index contributed by atoms with van der Waals surface area (Å²) in [5.41, 5.74) is 5.41. The summed E-state index contributed by atoms with van der Waals surface area (Å²) in [5.74, 6) is -5.18. The highest BCUT2D eigenvalue weighted by molar-refractivity contribution is 6.53. The molecule has 1 heterocycles. The summed E-state index contributed by atoms with van der Waals surface area (Å²) >= 11 is 28.1. The van der Waals surface area contributed by atoms with Crippen molar-refractivity contribution in [1.82, 2.24) is 0 Å². The van der Waals surface area contributed by atoms with Gasteiger partial charge in [-0.3, -0.25) is 0 Å². The Bertz CT molecular complexity index is 2540. The van der Waals surface area contributed by atoms with E-state index in [1.807, 2.05) is 192 Å². The molecule has 0 spiro atoms. The first-order valence-corrected chi connectivity index (χ1v) is 27.9. The SMILES string of the molecule is CCOC(C)(Nc1ccc(C(=CC2(C=C(c3ccc(NC(C)(OCC)OCC)cc3)c3ccc(NC(C)(OCC)OCC)cc3)OC(=O)c3c(Cl)c(Cl)c(Cl)c(Cl)c32)c2ccc(NC(C)(OCC)OCC)cc2)cc1)OCC. The molecule has 1 aliphatic heterocycles. The lowest BCUT2D eigenvalue weighted by atomic mass is 9.83. The second kappa shape index (κ2) is 27.5. The molecule has 14 nitrogen and oxygen atoms in total. The molecule has 0 unspecified atom stereocenters. The van der Waals surface area contributed by atoms with Crippen molar-refractivity contribution in [2.75, 3.05) is 74.1 Å². The fourth-order valence-electron chi connectivity index (χ4n) is 9.43. The van der Waals surface area contributed by atoms with E-state index < -0.39 is 35.2 Å². The highest BCUT2D eigenvalue weighted by Crippen LogP contribution is 2.54. The van der Waals surface area contributed by atoms with Gasteiger partial charge in [0.15, 0.2) is 5.60 Å². The fraction of sp³-hybridized carbons (Fsp3) is 0.417.